The second-order valence-electron chi connectivity index (χ2n) is 4.35. The number of halogens is 1. The van der Waals surface area contributed by atoms with Gasteiger partial charge in [0, 0.05) is 10.5 Å². The summed E-state index contributed by atoms with van der Waals surface area (Å²) in [5.41, 5.74) is 9.94. The summed E-state index contributed by atoms with van der Waals surface area (Å²) >= 11 is 3.43. The lowest BCUT2D eigenvalue weighted by Gasteiger charge is -2.12. The summed E-state index contributed by atoms with van der Waals surface area (Å²) in [5, 5.41) is 0. The van der Waals surface area contributed by atoms with Gasteiger partial charge in [-0.3, -0.25) is 0 Å². The first-order chi connectivity index (χ1) is 8.15. The summed E-state index contributed by atoms with van der Waals surface area (Å²) in [4.78, 5) is 0. The van der Waals surface area contributed by atoms with Gasteiger partial charge in [0.2, 0.25) is 0 Å². The Kier molecular flexibility index (Phi) is 3.97. The first-order valence-electron chi connectivity index (χ1n) is 5.72. The Hall–Kier alpha value is -1.12. The Morgan fingerprint density at radius 3 is 2.18 bits per heavy atom. The molecule has 1 nitrogen and oxygen atoms in total. The van der Waals surface area contributed by atoms with Crippen molar-refractivity contribution in [1.29, 1.82) is 0 Å². The molecule has 2 heteroatoms. The van der Waals surface area contributed by atoms with Crippen LogP contribution in [0.5, 0.6) is 0 Å². The lowest BCUT2D eigenvalue weighted by Crippen LogP contribution is -2.13. The number of nitrogens with two attached hydrogens (primary N) is 1. The van der Waals surface area contributed by atoms with Gasteiger partial charge >= 0.3 is 0 Å². The zero-order chi connectivity index (χ0) is 12.3. The van der Waals surface area contributed by atoms with E-state index in [4.69, 9.17) is 5.73 Å². The van der Waals surface area contributed by atoms with Crippen LogP contribution in [0.1, 0.15) is 22.7 Å². The Morgan fingerprint density at radius 1 is 1.00 bits per heavy atom. The van der Waals surface area contributed by atoms with Crippen LogP contribution < -0.4 is 5.73 Å². The highest BCUT2D eigenvalue weighted by molar-refractivity contribution is 9.10. The average Bonchev–Trinajstić information content (AvgIpc) is 2.33. The van der Waals surface area contributed by atoms with Crippen molar-refractivity contribution in [2.24, 2.45) is 5.73 Å². The quantitative estimate of drug-likeness (QED) is 0.908. The number of hydrogen-bond donors (Lipinski definition) is 1. The molecule has 0 aliphatic heterocycles. The first-order valence-corrected chi connectivity index (χ1v) is 6.51. The van der Waals surface area contributed by atoms with E-state index in [2.05, 4.69) is 59.3 Å². The second kappa shape index (κ2) is 5.48. The molecule has 2 rings (SSSR count). The molecule has 2 aromatic carbocycles. The van der Waals surface area contributed by atoms with Gasteiger partial charge in [-0.1, -0.05) is 57.9 Å². The van der Waals surface area contributed by atoms with Crippen LogP contribution in [0.25, 0.3) is 0 Å². The fourth-order valence-corrected chi connectivity index (χ4v) is 2.07. The van der Waals surface area contributed by atoms with Gasteiger partial charge in [-0.25, -0.2) is 0 Å². The maximum absolute atomic E-state index is 6.20. The van der Waals surface area contributed by atoms with E-state index in [1.165, 1.54) is 16.7 Å². The van der Waals surface area contributed by atoms with Crippen molar-refractivity contribution >= 4 is 15.9 Å². The lowest BCUT2D eigenvalue weighted by molar-refractivity contribution is 0.721. The van der Waals surface area contributed by atoms with Gasteiger partial charge in [-0.05, 0) is 36.6 Å². The van der Waals surface area contributed by atoms with Crippen molar-refractivity contribution in [3.05, 3.63) is 69.7 Å². The van der Waals surface area contributed by atoms with E-state index in [1.807, 2.05) is 12.1 Å². The minimum atomic E-state index is 0.0609. The van der Waals surface area contributed by atoms with Gasteiger partial charge in [0.15, 0.2) is 0 Å². The molecule has 2 aromatic rings. The highest BCUT2D eigenvalue weighted by Crippen LogP contribution is 2.19. The fourth-order valence-electron chi connectivity index (χ4n) is 1.81. The largest absolute Gasteiger partial charge is 0.324 e. The maximum Gasteiger partial charge on any atom is 0.0335 e. The molecule has 0 saturated heterocycles. The third-order valence-corrected chi connectivity index (χ3v) is 3.40. The summed E-state index contributed by atoms with van der Waals surface area (Å²) in [6.07, 6.45) is 0.877. The van der Waals surface area contributed by atoms with E-state index in [0.29, 0.717) is 0 Å². The molecular weight excluding hydrogens is 274 g/mol. The topological polar surface area (TPSA) is 26.0 Å². The van der Waals surface area contributed by atoms with E-state index >= 15 is 0 Å². The summed E-state index contributed by atoms with van der Waals surface area (Å²) < 4.78 is 1.09. The third kappa shape index (κ3) is 3.42. The minimum Gasteiger partial charge on any atom is -0.324 e. The van der Waals surface area contributed by atoms with Crippen LogP contribution in [0.4, 0.5) is 0 Å². The molecule has 1 atom stereocenters. The normalized spacial score (nSPS) is 12.4. The fraction of sp³-hybridized carbons (Fsp3) is 0.200. The van der Waals surface area contributed by atoms with Gasteiger partial charge in [0.25, 0.3) is 0 Å². The summed E-state index contributed by atoms with van der Waals surface area (Å²) in [7, 11) is 0. The molecule has 1 unspecified atom stereocenters. The third-order valence-electron chi connectivity index (χ3n) is 2.87. The molecule has 2 N–H and O–H groups in total. The summed E-state index contributed by atoms with van der Waals surface area (Å²) in [6, 6.07) is 16.8. The number of hydrogen-bond acceptors (Lipinski definition) is 1. The lowest BCUT2D eigenvalue weighted by atomic mass is 9.99. The van der Waals surface area contributed by atoms with Gasteiger partial charge in [0.1, 0.15) is 0 Å². The van der Waals surface area contributed by atoms with Crippen molar-refractivity contribution in [3.63, 3.8) is 0 Å². The van der Waals surface area contributed by atoms with Gasteiger partial charge < -0.3 is 5.73 Å². The monoisotopic (exact) mass is 289 g/mol. The number of benzene rings is 2. The van der Waals surface area contributed by atoms with Gasteiger partial charge in [0.05, 0.1) is 0 Å². The van der Waals surface area contributed by atoms with Crippen LogP contribution in [-0.4, -0.2) is 0 Å². The SMILES string of the molecule is Cc1ccc(CC(N)c2ccc(Br)cc2)cc1. The summed E-state index contributed by atoms with van der Waals surface area (Å²) in [5.74, 6) is 0. The van der Waals surface area contributed by atoms with Crippen LogP contribution in [0.15, 0.2) is 53.0 Å². The van der Waals surface area contributed by atoms with Crippen LogP contribution in [0.2, 0.25) is 0 Å². The standard InChI is InChI=1S/C15H16BrN/c1-11-2-4-12(5-3-11)10-15(17)13-6-8-14(16)9-7-13/h2-9,15H,10,17H2,1H3. The van der Waals surface area contributed by atoms with Crippen molar-refractivity contribution in [3.8, 4) is 0 Å². The van der Waals surface area contributed by atoms with E-state index in [1.54, 1.807) is 0 Å². The predicted octanol–water partition coefficient (Wildman–Crippen LogP) is 4.00. The number of rotatable bonds is 3. The zero-order valence-corrected chi connectivity index (χ0v) is 11.4. The molecule has 0 aromatic heterocycles. The zero-order valence-electron chi connectivity index (χ0n) is 9.86. The molecular formula is C15H16BrN. The predicted molar refractivity (Wildman–Crippen MR) is 76.0 cm³/mol. The first kappa shape index (κ1) is 12.3. The number of aryl methyl sites for hydroxylation is 1. The van der Waals surface area contributed by atoms with E-state index in [0.717, 1.165) is 10.9 Å². The van der Waals surface area contributed by atoms with E-state index < -0.39 is 0 Å². The maximum atomic E-state index is 6.20. The molecule has 0 spiro atoms. The highest BCUT2D eigenvalue weighted by atomic mass is 79.9. The molecule has 0 radical (unpaired) electrons. The van der Waals surface area contributed by atoms with Crippen LogP contribution >= 0.6 is 15.9 Å². The van der Waals surface area contributed by atoms with Crippen LogP contribution in [-0.2, 0) is 6.42 Å². The molecule has 0 saturated carbocycles. The van der Waals surface area contributed by atoms with Crippen molar-refractivity contribution < 1.29 is 0 Å². The molecule has 17 heavy (non-hydrogen) atoms. The average molecular weight is 290 g/mol. The Morgan fingerprint density at radius 2 is 1.59 bits per heavy atom. The minimum absolute atomic E-state index is 0.0609. The smallest absolute Gasteiger partial charge is 0.0335 e. The molecule has 0 aliphatic rings. The van der Waals surface area contributed by atoms with Crippen LogP contribution in [0.3, 0.4) is 0 Å². The molecule has 88 valence electrons. The summed E-state index contributed by atoms with van der Waals surface area (Å²) in [6.45, 7) is 2.10. The molecule has 0 aliphatic carbocycles. The van der Waals surface area contributed by atoms with Gasteiger partial charge in [-0.15, -0.1) is 0 Å². The van der Waals surface area contributed by atoms with Gasteiger partial charge in [-0.2, -0.15) is 0 Å². The highest BCUT2D eigenvalue weighted by Gasteiger charge is 2.06. The van der Waals surface area contributed by atoms with E-state index in [9.17, 15) is 0 Å². The van der Waals surface area contributed by atoms with Crippen molar-refractivity contribution in [1.82, 2.24) is 0 Å². The molecule has 0 amide bonds. The molecule has 0 bridgehead atoms. The van der Waals surface area contributed by atoms with E-state index in [-0.39, 0.29) is 6.04 Å². The van der Waals surface area contributed by atoms with Crippen molar-refractivity contribution in [2.75, 3.05) is 0 Å². The van der Waals surface area contributed by atoms with Crippen molar-refractivity contribution in [2.45, 2.75) is 19.4 Å². The Bertz CT molecular complexity index is 473. The molecule has 0 heterocycles. The Labute approximate surface area is 111 Å². The van der Waals surface area contributed by atoms with Crippen LogP contribution in [0, 0.1) is 6.92 Å². The Balaban J connectivity index is 2.08. The molecule has 0 fully saturated rings. The second-order valence-corrected chi connectivity index (χ2v) is 5.26.